The van der Waals surface area contributed by atoms with Gasteiger partial charge in [-0.05, 0) is 36.0 Å². The van der Waals surface area contributed by atoms with Gasteiger partial charge in [0, 0.05) is 6.42 Å². The molecule has 24 heavy (non-hydrogen) atoms. The third-order valence-corrected chi connectivity index (χ3v) is 6.82. The standard InChI is InChI=1S/C18H27NO4S/c1-18(2,3)13-8-9-16(20)15(12-13)19-17(21)10-11-24(22,23)14-6-4-5-7-14/h8-9,12,14,20H,4-7,10-11H2,1-3H3,(H,19,21). The number of nitrogens with one attached hydrogen (secondary N) is 1. The molecule has 134 valence electrons. The lowest BCUT2D eigenvalue weighted by Crippen LogP contribution is -2.24. The molecule has 1 aliphatic carbocycles. The summed E-state index contributed by atoms with van der Waals surface area (Å²) in [5.74, 6) is -0.545. The van der Waals surface area contributed by atoms with Gasteiger partial charge in [0.15, 0.2) is 9.84 Å². The number of rotatable bonds is 5. The quantitative estimate of drug-likeness (QED) is 0.795. The number of carbonyl (C=O) groups excluding carboxylic acids is 1. The van der Waals surface area contributed by atoms with Crippen molar-refractivity contribution in [2.75, 3.05) is 11.1 Å². The van der Waals surface area contributed by atoms with Gasteiger partial charge in [0.05, 0.1) is 16.7 Å². The number of phenols is 1. The zero-order chi connectivity index (χ0) is 18.0. The molecule has 2 N–H and O–H groups in total. The first kappa shape index (κ1) is 18.8. The van der Waals surface area contributed by atoms with Crippen LogP contribution in [0.4, 0.5) is 5.69 Å². The van der Waals surface area contributed by atoms with Crippen molar-refractivity contribution < 1.29 is 18.3 Å². The van der Waals surface area contributed by atoms with Crippen LogP contribution >= 0.6 is 0 Å². The predicted octanol–water partition coefficient (Wildman–Crippen LogP) is 3.38. The van der Waals surface area contributed by atoms with Crippen LogP contribution in [0.2, 0.25) is 0 Å². The van der Waals surface area contributed by atoms with Gasteiger partial charge in [-0.15, -0.1) is 0 Å². The summed E-state index contributed by atoms with van der Waals surface area (Å²) in [6, 6.07) is 5.10. The van der Waals surface area contributed by atoms with E-state index in [2.05, 4.69) is 5.32 Å². The van der Waals surface area contributed by atoms with Crippen molar-refractivity contribution in [1.82, 2.24) is 0 Å². The Kier molecular flexibility index (Phi) is 5.58. The number of benzene rings is 1. The zero-order valence-corrected chi connectivity index (χ0v) is 15.4. The molecule has 1 aromatic carbocycles. The van der Waals surface area contributed by atoms with Crippen molar-refractivity contribution in [2.45, 2.75) is 63.5 Å². The van der Waals surface area contributed by atoms with Gasteiger partial charge in [0.2, 0.25) is 5.91 Å². The van der Waals surface area contributed by atoms with Crippen molar-refractivity contribution in [3.8, 4) is 5.75 Å². The summed E-state index contributed by atoms with van der Waals surface area (Å²) in [6.07, 6.45) is 3.22. The van der Waals surface area contributed by atoms with E-state index < -0.39 is 15.7 Å². The van der Waals surface area contributed by atoms with Gasteiger partial charge >= 0.3 is 0 Å². The van der Waals surface area contributed by atoms with E-state index in [0.717, 1.165) is 18.4 Å². The zero-order valence-electron chi connectivity index (χ0n) is 14.6. The van der Waals surface area contributed by atoms with Gasteiger partial charge in [0.25, 0.3) is 0 Å². The Morgan fingerprint density at radius 2 is 1.88 bits per heavy atom. The molecule has 2 rings (SSSR count). The maximum Gasteiger partial charge on any atom is 0.225 e. The molecular formula is C18H27NO4S. The first-order valence-corrected chi connectivity index (χ1v) is 10.2. The number of carbonyl (C=O) groups is 1. The Hall–Kier alpha value is -1.56. The molecule has 0 atom stereocenters. The van der Waals surface area contributed by atoms with Crippen molar-refractivity contribution in [2.24, 2.45) is 0 Å². The van der Waals surface area contributed by atoms with Gasteiger partial charge in [0.1, 0.15) is 5.75 Å². The summed E-state index contributed by atoms with van der Waals surface area (Å²) < 4.78 is 24.4. The molecule has 0 saturated heterocycles. The number of aromatic hydroxyl groups is 1. The summed E-state index contributed by atoms with van der Waals surface area (Å²) in [7, 11) is -3.21. The van der Waals surface area contributed by atoms with Crippen LogP contribution in [0.5, 0.6) is 5.75 Å². The Bertz CT molecular complexity index is 698. The molecule has 0 aromatic heterocycles. The molecule has 6 heteroatoms. The predicted molar refractivity (Wildman–Crippen MR) is 96.1 cm³/mol. The SMILES string of the molecule is CC(C)(C)c1ccc(O)c(NC(=O)CCS(=O)(=O)C2CCCC2)c1. The van der Waals surface area contributed by atoms with E-state index in [4.69, 9.17) is 0 Å². The Morgan fingerprint density at radius 1 is 1.25 bits per heavy atom. The first-order chi connectivity index (χ1) is 11.1. The highest BCUT2D eigenvalue weighted by molar-refractivity contribution is 7.92. The molecule has 1 fully saturated rings. The van der Waals surface area contributed by atoms with Gasteiger partial charge < -0.3 is 10.4 Å². The van der Waals surface area contributed by atoms with Crippen LogP contribution in [0.15, 0.2) is 18.2 Å². The molecule has 1 amide bonds. The van der Waals surface area contributed by atoms with E-state index in [9.17, 15) is 18.3 Å². The molecule has 1 aromatic rings. The van der Waals surface area contributed by atoms with Crippen LogP contribution in [0.3, 0.4) is 0 Å². The van der Waals surface area contributed by atoms with Gasteiger partial charge in [-0.25, -0.2) is 8.42 Å². The van der Waals surface area contributed by atoms with Crippen LogP contribution in [0.1, 0.15) is 58.4 Å². The maximum absolute atomic E-state index is 12.2. The minimum Gasteiger partial charge on any atom is -0.506 e. The third kappa shape index (κ3) is 4.72. The molecule has 1 aliphatic rings. The van der Waals surface area contributed by atoms with Gasteiger partial charge in [-0.3, -0.25) is 4.79 Å². The Labute approximate surface area is 144 Å². The summed E-state index contributed by atoms with van der Waals surface area (Å²) in [6.45, 7) is 6.12. The average Bonchev–Trinajstić information content (AvgIpc) is 3.01. The van der Waals surface area contributed by atoms with Crippen molar-refractivity contribution in [3.05, 3.63) is 23.8 Å². The highest BCUT2D eigenvalue weighted by Gasteiger charge is 2.29. The highest BCUT2D eigenvalue weighted by Crippen LogP contribution is 2.31. The minimum absolute atomic E-state index is 0.0185. The third-order valence-electron chi connectivity index (χ3n) is 4.56. The fourth-order valence-electron chi connectivity index (χ4n) is 2.96. The molecule has 5 nitrogen and oxygen atoms in total. The lowest BCUT2D eigenvalue weighted by molar-refractivity contribution is -0.115. The summed E-state index contributed by atoms with van der Waals surface area (Å²) in [5, 5.41) is 12.3. The van der Waals surface area contributed by atoms with E-state index in [-0.39, 0.29) is 28.6 Å². The lowest BCUT2D eigenvalue weighted by Gasteiger charge is -2.20. The van der Waals surface area contributed by atoms with Crippen LogP contribution in [0.25, 0.3) is 0 Å². The maximum atomic E-state index is 12.2. The Morgan fingerprint density at radius 3 is 2.46 bits per heavy atom. The molecule has 0 radical (unpaired) electrons. The monoisotopic (exact) mass is 353 g/mol. The van der Waals surface area contributed by atoms with Crippen LogP contribution in [-0.2, 0) is 20.0 Å². The molecule has 0 aliphatic heterocycles. The van der Waals surface area contributed by atoms with Crippen LogP contribution < -0.4 is 5.32 Å². The molecule has 0 unspecified atom stereocenters. The van der Waals surface area contributed by atoms with E-state index in [1.165, 1.54) is 0 Å². The number of amides is 1. The van der Waals surface area contributed by atoms with Crippen LogP contribution in [0, 0.1) is 0 Å². The van der Waals surface area contributed by atoms with Crippen molar-refractivity contribution in [3.63, 3.8) is 0 Å². The Balaban J connectivity index is 2.00. The number of hydrogen-bond acceptors (Lipinski definition) is 4. The molecular weight excluding hydrogens is 326 g/mol. The second-order valence-electron chi connectivity index (χ2n) is 7.55. The molecule has 1 saturated carbocycles. The fraction of sp³-hybridized carbons (Fsp3) is 0.611. The van der Waals surface area contributed by atoms with E-state index >= 15 is 0 Å². The van der Waals surface area contributed by atoms with E-state index in [1.54, 1.807) is 12.1 Å². The molecule has 0 bridgehead atoms. The smallest absolute Gasteiger partial charge is 0.225 e. The number of sulfone groups is 1. The van der Waals surface area contributed by atoms with Crippen molar-refractivity contribution in [1.29, 1.82) is 0 Å². The van der Waals surface area contributed by atoms with Crippen molar-refractivity contribution >= 4 is 21.4 Å². The van der Waals surface area contributed by atoms with Crippen LogP contribution in [-0.4, -0.2) is 30.4 Å². The number of hydrogen-bond donors (Lipinski definition) is 2. The number of phenolic OH excluding ortho intramolecular Hbond substituents is 1. The van der Waals surface area contributed by atoms with Gasteiger partial charge in [-0.2, -0.15) is 0 Å². The summed E-state index contributed by atoms with van der Waals surface area (Å²) in [5.41, 5.74) is 1.19. The largest absolute Gasteiger partial charge is 0.506 e. The van der Waals surface area contributed by atoms with E-state index in [1.807, 2.05) is 26.8 Å². The highest BCUT2D eigenvalue weighted by atomic mass is 32.2. The topological polar surface area (TPSA) is 83.5 Å². The molecule has 0 heterocycles. The average molecular weight is 353 g/mol. The molecule has 0 spiro atoms. The number of anilines is 1. The summed E-state index contributed by atoms with van der Waals surface area (Å²) in [4.78, 5) is 12.1. The fourth-order valence-corrected chi connectivity index (χ4v) is 4.82. The lowest BCUT2D eigenvalue weighted by atomic mass is 9.87. The normalized spacial score (nSPS) is 16.3. The van der Waals surface area contributed by atoms with Gasteiger partial charge in [-0.1, -0.05) is 39.7 Å². The second kappa shape index (κ2) is 7.13. The second-order valence-corrected chi connectivity index (χ2v) is 9.95. The minimum atomic E-state index is -3.21. The van der Waals surface area contributed by atoms with E-state index in [0.29, 0.717) is 18.5 Å². The first-order valence-electron chi connectivity index (χ1n) is 8.44. The summed E-state index contributed by atoms with van der Waals surface area (Å²) >= 11 is 0.